The maximum atomic E-state index is 6.12. The number of benzene rings is 2. The fraction of sp³-hybridized carbons (Fsp3) is 0.250. The Morgan fingerprint density at radius 2 is 1.80 bits per heavy atom. The molecule has 1 N–H and O–H groups in total. The van der Waals surface area contributed by atoms with Gasteiger partial charge < -0.3 is 14.8 Å². The number of ether oxygens (including phenoxy) is 2. The van der Waals surface area contributed by atoms with Gasteiger partial charge in [-0.25, -0.2) is 0 Å². The average molecular weight is 292 g/mol. The van der Waals surface area contributed by atoms with Crippen molar-refractivity contribution in [1.29, 1.82) is 0 Å². The number of rotatable bonds is 5. The summed E-state index contributed by atoms with van der Waals surface area (Å²) in [6.07, 6.45) is 0. The Bertz CT molecular complexity index is 599. The van der Waals surface area contributed by atoms with Crippen molar-refractivity contribution in [2.75, 3.05) is 19.5 Å². The molecule has 0 radical (unpaired) electrons. The lowest BCUT2D eigenvalue weighted by atomic mass is 10.1. The molecule has 2 rings (SSSR count). The lowest BCUT2D eigenvalue weighted by molar-refractivity contribution is 0.352. The van der Waals surface area contributed by atoms with E-state index in [1.807, 2.05) is 43.3 Å². The van der Waals surface area contributed by atoms with Gasteiger partial charge in [0.25, 0.3) is 0 Å². The van der Waals surface area contributed by atoms with Crippen LogP contribution in [0.2, 0.25) is 5.02 Å². The minimum atomic E-state index is 0.640. The van der Waals surface area contributed by atoms with E-state index in [2.05, 4.69) is 5.32 Å². The third kappa shape index (κ3) is 2.99. The second-order valence-corrected chi connectivity index (χ2v) is 4.83. The molecule has 3 nitrogen and oxygen atoms in total. The van der Waals surface area contributed by atoms with Crippen LogP contribution in [-0.2, 0) is 6.54 Å². The van der Waals surface area contributed by atoms with Crippen LogP contribution in [0.15, 0.2) is 36.4 Å². The van der Waals surface area contributed by atoms with Gasteiger partial charge in [-0.05, 0) is 30.7 Å². The quantitative estimate of drug-likeness (QED) is 0.892. The molecular formula is C16H18ClNO2. The van der Waals surface area contributed by atoms with Crippen molar-refractivity contribution >= 4 is 17.3 Å². The predicted octanol–water partition coefficient (Wildman–Crippen LogP) is 4.28. The van der Waals surface area contributed by atoms with E-state index >= 15 is 0 Å². The summed E-state index contributed by atoms with van der Waals surface area (Å²) >= 11 is 6.12. The van der Waals surface area contributed by atoms with E-state index in [9.17, 15) is 0 Å². The lowest BCUT2D eigenvalue weighted by Crippen LogP contribution is -2.04. The Balaban J connectivity index is 2.21. The van der Waals surface area contributed by atoms with E-state index in [-0.39, 0.29) is 0 Å². The van der Waals surface area contributed by atoms with Crippen LogP contribution in [0.4, 0.5) is 5.69 Å². The Morgan fingerprint density at radius 3 is 2.50 bits per heavy atom. The fourth-order valence-corrected chi connectivity index (χ4v) is 2.26. The summed E-state index contributed by atoms with van der Waals surface area (Å²) in [4.78, 5) is 0. The molecule has 0 aliphatic heterocycles. The third-order valence-electron chi connectivity index (χ3n) is 3.22. The van der Waals surface area contributed by atoms with Crippen molar-refractivity contribution in [3.05, 3.63) is 52.5 Å². The molecule has 0 aliphatic carbocycles. The van der Waals surface area contributed by atoms with E-state index in [1.165, 1.54) is 0 Å². The standard InChI is InChI=1S/C16H18ClNO2/c1-11-13(17)7-5-8-14(11)18-10-12-6-4-9-15(19-2)16(12)20-3/h4-9,18H,10H2,1-3H3. The molecule has 2 aromatic carbocycles. The molecule has 4 heteroatoms. The first kappa shape index (κ1) is 14.5. The van der Waals surface area contributed by atoms with Crippen LogP contribution >= 0.6 is 11.6 Å². The Kier molecular flexibility index (Phi) is 4.74. The second kappa shape index (κ2) is 6.53. The molecule has 106 valence electrons. The number of anilines is 1. The normalized spacial score (nSPS) is 10.2. The van der Waals surface area contributed by atoms with Crippen LogP contribution in [-0.4, -0.2) is 14.2 Å². The van der Waals surface area contributed by atoms with Crippen LogP contribution in [0.25, 0.3) is 0 Å². The zero-order valence-corrected chi connectivity index (χ0v) is 12.6. The van der Waals surface area contributed by atoms with Gasteiger partial charge >= 0.3 is 0 Å². The minimum absolute atomic E-state index is 0.640. The molecule has 0 bridgehead atoms. The highest BCUT2D eigenvalue weighted by Crippen LogP contribution is 2.31. The number of para-hydroxylation sites is 1. The van der Waals surface area contributed by atoms with Gasteiger partial charge in [0.05, 0.1) is 14.2 Å². The van der Waals surface area contributed by atoms with E-state index in [1.54, 1.807) is 14.2 Å². The first-order valence-electron chi connectivity index (χ1n) is 6.36. The third-order valence-corrected chi connectivity index (χ3v) is 3.63. The van der Waals surface area contributed by atoms with Crippen LogP contribution in [0.5, 0.6) is 11.5 Å². The second-order valence-electron chi connectivity index (χ2n) is 4.42. The van der Waals surface area contributed by atoms with Gasteiger partial charge in [0.2, 0.25) is 0 Å². The molecule has 20 heavy (non-hydrogen) atoms. The molecular weight excluding hydrogens is 274 g/mol. The first-order chi connectivity index (χ1) is 9.67. The first-order valence-corrected chi connectivity index (χ1v) is 6.74. The molecule has 0 unspecified atom stereocenters. The summed E-state index contributed by atoms with van der Waals surface area (Å²) in [5.41, 5.74) is 3.09. The molecule has 0 spiro atoms. The topological polar surface area (TPSA) is 30.5 Å². The van der Waals surface area contributed by atoms with Crippen molar-refractivity contribution in [3.8, 4) is 11.5 Å². The monoisotopic (exact) mass is 291 g/mol. The fourth-order valence-electron chi connectivity index (χ4n) is 2.08. The van der Waals surface area contributed by atoms with Crippen molar-refractivity contribution < 1.29 is 9.47 Å². The molecule has 0 saturated heterocycles. The summed E-state index contributed by atoms with van der Waals surface area (Å²) in [6.45, 7) is 2.63. The molecule has 0 fully saturated rings. The highest BCUT2D eigenvalue weighted by Gasteiger charge is 2.09. The zero-order chi connectivity index (χ0) is 14.5. The molecule has 0 saturated carbocycles. The molecule has 2 aromatic rings. The maximum absolute atomic E-state index is 6.12. The van der Waals surface area contributed by atoms with Crippen LogP contribution in [0.3, 0.4) is 0 Å². The van der Waals surface area contributed by atoms with E-state index in [0.717, 1.165) is 33.3 Å². The molecule has 0 heterocycles. The molecule has 0 atom stereocenters. The lowest BCUT2D eigenvalue weighted by Gasteiger charge is -2.15. The smallest absolute Gasteiger partial charge is 0.165 e. The summed E-state index contributed by atoms with van der Waals surface area (Å²) in [5.74, 6) is 1.48. The summed E-state index contributed by atoms with van der Waals surface area (Å²) < 4.78 is 10.7. The Morgan fingerprint density at radius 1 is 1.05 bits per heavy atom. The summed E-state index contributed by atoms with van der Waals surface area (Å²) in [6, 6.07) is 11.7. The SMILES string of the molecule is COc1cccc(CNc2cccc(Cl)c2C)c1OC. The molecule has 0 aliphatic rings. The predicted molar refractivity (Wildman–Crippen MR) is 83.1 cm³/mol. The van der Waals surface area contributed by atoms with Gasteiger partial charge in [-0.3, -0.25) is 0 Å². The molecule has 0 aromatic heterocycles. The van der Waals surface area contributed by atoms with Crippen molar-refractivity contribution in [1.82, 2.24) is 0 Å². The summed E-state index contributed by atoms with van der Waals surface area (Å²) in [7, 11) is 3.28. The maximum Gasteiger partial charge on any atom is 0.165 e. The van der Waals surface area contributed by atoms with Gasteiger partial charge in [0.1, 0.15) is 0 Å². The van der Waals surface area contributed by atoms with E-state index in [4.69, 9.17) is 21.1 Å². The highest BCUT2D eigenvalue weighted by molar-refractivity contribution is 6.31. The number of hydrogen-bond donors (Lipinski definition) is 1. The largest absolute Gasteiger partial charge is 0.493 e. The molecule has 0 amide bonds. The highest BCUT2D eigenvalue weighted by atomic mass is 35.5. The number of methoxy groups -OCH3 is 2. The van der Waals surface area contributed by atoms with E-state index < -0.39 is 0 Å². The zero-order valence-electron chi connectivity index (χ0n) is 11.9. The number of halogens is 1. The summed E-state index contributed by atoms with van der Waals surface area (Å²) in [5, 5.41) is 4.13. The van der Waals surface area contributed by atoms with Crippen LogP contribution < -0.4 is 14.8 Å². The minimum Gasteiger partial charge on any atom is -0.493 e. The van der Waals surface area contributed by atoms with Gasteiger partial charge in [-0.15, -0.1) is 0 Å². The van der Waals surface area contributed by atoms with Crippen molar-refractivity contribution in [2.24, 2.45) is 0 Å². The van der Waals surface area contributed by atoms with Crippen LogP contribution in [0.1, 0.15) is 11.1 Å². The Hall–Kier alpha value is -1.87. The van der Waals surface area contributed by atoms with Crippen molar-refractivity contribution in [2.45, 2.75) is 13.5 Å². The Labute approximate surface area is 124 Å². The average Bonchev–Trinajstić information content (AvgIpc) is 2.48. The van der Waals surface area contributed by atoms with Gasteiger partial charge in [-0.2, -0.15) is 0 Å². The van der Waals surface area contributed by atoms with Gasteiger partial charge in [0, 0.05) is 22.8 Å². The van der Waals surface area contributed by atoms with Gasteiger partial charge in [-0.1, -0.05) is 29.8 Å². The van der Waals surface area contributed by atoms with Crippen LogP contribution in [0, 0.1) is 6.92 Å². The number of hydrogen-bond acceptors (Lipinski definition) is 3. The van der Waals surface area contributed by atoms with Gasteiger partial charge in [0.15, 0.2) is 11.5 Å². The number of nitrogens with one attached hydrogen (secondary N) is 1. The van der Waals surface area contributed by atoms with Crippen molar-refractivity contribution in [3.63, 3.8) is 0 Å². The van der Waals surface area contributed by atoms with E-state index in [0.29, 0.717) is 6.54 Å².